The molecule has 0 spiro atoms. The van der Waals surface area contributed by atoms with Crippen molar-refractivity contribution in [3.8, 4) is 0 Å². The van der Waals surface area contributed by atoms with E-state index in [1.165, 1.54) is 18.5 Å². The molecular weight excluding hydrogens is 329 g/mol. The highest BCUT2D eigenvalue weighted by molar-refractivity contribution is 7.08. The number of pyridine rings is 1. The van der Waals surface area contributed by atoms with Gasteiger partial charge in [0.2, 0.25) is 0 Å². The largest absolute Gasteiger partial charge is 0.417 e. The molecule has 4 nitrogen and oxygen atoms in total. The summed E-state index contributed by atoms with van der Waals surface area (Å²) in [6, 6.07) is 1.38. The van der Waals surface area contributed by atoms with Crippen molar-refractivity contribution in [2.24, 2.45) is 5.92 Å². The monoisotopic (exact) mass is 342 g/mol. The highest BCUT2D eigenvalue weighted by Crippen LogP contribution is 2.34. The van der Waals surface area contributed by atoms with Gasteiger partial charge in [-0.3, -0.25) is 14.6 Å². The lowest BCUT2D eigenvalue weighted by Crippen LogP contribution is -2.19. The Hall–Kier alpha value is -2.22. The molecule has 2 aromatic rings. The van der Waals surface area contributed by atoms with Gasteiger partial charge in [-0.15, -0.1) is 0 Å². The Morgan fingerprint density at radius 1 is 1.22 bits per heavy atom. The molecule has 0 radical (unpaired) electrons. The van der Waals surface area contributed by atoms with Crippen molar-refractivity contribution in [1.29, 1.82) is 0 Å². The lowest BCUT2D eigenvalue weighted by molar-refractivity contribution is -0.137. The molecule has 0 unspecified atom stereocenters. The van der Waals surface area contributed by atoms with E-state index in [2.05, 4.69) is 10.3 Å². The van der Waals surface area contributed by atoms with Gasteiger partial charge in [-0.1, -0.05) is 13.8 Å². The number of ketones is 1. The highest BCUT2D eigenvalue weighted by Gasteiger charge is 2.36. The van der Waals surface area contributed by atoms with E-state index in [-0.39, 0.29) is 23.0 Å². The second-order valence-corrected chi connectivity index (χ2v) is 5.83. The van der Waals surface area contributed by atoms with Gasteiger partial charge in [0, 0.05) is 29.1 Å². The molecule has 0 aliphatic rings. The predicted molar refractivity (Wildman–Crippen MR) is 80.7 cm³/mol. The zero-order chi connectivity index (χ0) is 17.2. The Labute approximate surface area is 134 Å². The molecule has 122 valence electrons. The summed E-state index contributed by atoms with van der Waals surface area (Å²) in [6.45, 7) is 3.36. The summed E-state index contributed by atoms with van der Waals surface area (Å²) < 4.78 is 38.6. The molecule has 0 bridgehead atoms. The maximum absolute atomic E-state index is 12.9. The molecule has 0 saturated heterocycles. The molecule has 0 aromatic carbocycles. The summed E-state index contributed by atoms with van der Waals surface area (Å²) in [5.41, 5.74) is -1.16. The molecule has 0 atom stereocenters. The number of alkyl halides is 3. The number of hydrogen-bond donors (Lipinski definition) is 1. The van der Waals surface area contributed by atoms with Gasteiger partial charge in [0.25, 0.3) is 5.91 Å². The minimum atomic E-state index is -4.61. The Morgan fingerprint density at radius 2 is 1.91 bits per heavy atom. The molecule has 8 heteroatoms. The van der Waals surface area contributed by atoms with Crippen molar-refractivity contribution >= 4 is 28.7 Å². The van der Waals surface area contributed by atoms with Gasteiger partial charge in [-0.25, -0.2) is 0 Å². The van der Waals surface area contributed by atoms with Crippen LogP contribution in [0.5, 0.6) is 0 Å². The van der Waals surface area contributed by atoms with E-state index in [0.717, 1.165) is 22.1 Å². The fourth-order valence-corrected chi connectivity index (χ4v) is 2.73. The Balaban J connectivity index is 2.33. The number of amides is 1. The van der Waals surface area contributed by atoms with Crippen molar-refractivity contribution in [3.63, 3.8) is 0 Å². The van der Waals surface area contributed by atoms with Crippen LogP contribution in [-0.4, -0.2) is 16.7 Å². The molecule has 0 aliphatic heterocycles. The number of carbonyl (C=O) groups excluding carboxylic acids is 2. The standard InChI is InChI=1S/C15H13F3N2O2S/c1-8(2)13(21)9-5-19-4-3-12(9)20-14(22)10-6-23-7-11(10)15(16,17)18/h3-8H,1-2H3,(H,19,20,22). The third-order valence-electron chi connectivity index (χ3n) is 3.07. The first-order valence-electron chi connectivity index (χ1n) is 6.64. The van der Waals surface area contributed by atoms with Crippen molar-refractivity contribution in [2.45, 2.75) is 20.0 Å². The van der Waals surface area contributed by atoms with Crippen molar-refractivity contribution in [1.82, 2.24) is 4.98 Å². The van der Waals surface area contributed by atoms with Gasteiger partial charge in [0.05, 0.1) is 22.4 Å². The van der Waals surface area contributed by atoms with Crippen molar-refractivity contribution < 1.29 is 22.8 Å². The van der Waals surface area contributed by atoms with Gasteiger partial charge < -0.3 is 5.32 Å². The number of hydrogen-bond acceptors (Lipinski definition) is 4. The number of anilines is 1. The fourth-order valence-electron chi connectivity index (χ4n) is 1.89. The summed E-state index contributed by atoms with van der Waals surface area (Å²) in [7, 11) is 0. The van der Waals surface area contributed by atoms with Gasteiger partial charge in [0.15, 0.2) is 5.78 Å². The Morgan fingerprint density at radius 3 is 2.52 bits per heavy atom. The normalized spacial score (nSPS) is 11.6. The number of aromatic nitrogens is 1. The second kappa shape index (κ2) is 6.49. The lowest BCUT2D eigenvalue weighted by Gasteiger charge is -2.12. The van der Waals surface area contributed by atoms with Gasteiger partial charge in [0.1, 0.15) is 0 Å². The van der Waals surface area contributed by atoms with E-state index in [1.807, 2.05) is 0 Å². The quantitative estimate of drug-likeness (QED) is 0.845. The first kappa shape index (κ1) is 17.1. The predicted octanol–water partition coefficient (Wildman–Crippen LogP) is 4.25. The molecule has 0 saturated carbocycles. The maximum Gasteiger partial charge on any atom is 0.417 e. The van der Waals surface area contributed by atoms with Gasteiger partial charge in [-0.05, 0) is 6.07 Å². The molecule has 0 fully saturated rings. The number of halogens is 3. The van der Waals surface area contributed by atoms with Crippen LogP contribution in [0.2, 0.25) is 0 Å². The zero-order valence-electron chi connectivity index (χ0n) is 12.3. The van der Waals surface area contributed by atoms with Crippen molar-refractivity contribution in [2.75, 3.05) is 5.32 Å². The van der Waals surface area contributed by atoms with E-state index >= 15 is 0 Å². The average Bonchev–Trinajstić information content (AvgIpc) is 2.96. The average molecular weight is 342 g/mol. The Bertz CT molecular complexity index is 738. The number of rotatable bonds is 4. The van der Waals surface area contributed by atoms with E-state index in [9.17, 15) is 22.8 Å². The molecule has 2 rings (SSSR count). The van der Waals surface area contributed by atoms with Crippen LogP contribution in [0.1, 0.15) is 40.1 Å². The van der Waals surface area contributed by atoms with E-state index in [1.54, 1.807) is 13.8 Å². The third kappa shape index (κ3) is 3.76. The lowest BCUT2D eigenvalue weighted by atomic mass is 10.0. The first-order chi connectivity index (χ1) is 10.7. The number of nitrogens with one attached hydrogen (secondary N) is 1. The second-order valence-electron chi connectivity index (χ2n) is 5.09. The smallest absolute Gasteiger partial charge is 0.321 e. The number of thiophene rings is 1. The minimum absolute atomic E-state index is 0.142. The molecular formula is C15H13F3N2O2S. The Kier molecular flexibility index (Phi) is 4.84. The number of carbonyl (C=O) groups is 2. The van der Waals surface area contributed by atoms with Gasteiger partial charge >= 0.3 is 6.18 Å². The minimum Gasteiger partial charge on any atom is -0.321 e. The highest BCUT2D eigenvalue weighted by atomic mass is 32.1. The van der Waals surface area contributed by atoms with Crippen molar-refractivity contribution in [3.05, 3.63) is 45.9 Å². The van der Waals surface area contributed by atoms with Crippen LogP contribution in [0.15, 0.2) is 29.2 Å². The van der Waals surface area contributed by atoms with Crippen LogP contribution in [0.4, 0.5) is 18.9 Å². The van der Waals surface area contributed by atoms with Crippen LogP contribution in [0, 0.1) is 5.92 Å². The SMILES string of the molecule is CC(C)C(=O)c1cnccc1NC(=O)c1cscc1C(F)(F)F. The molecule has 1 N–H and O–H groups in total. The summed E-state index contributed by atoms with van der Waals surface area (Å²) in [5.74, 6) is -1.50. The van der Waals surface area contributed by atoms with Crippen LogP contribution in [0.25, 0.3) is 0 Å². The van der Waals surface area contributed by atoms with Crippen LogP contribution in [0.3, 0.4) is 0 Å². The third-order valence-corrected chi connectivity index (χ3v) is 3.81. The summed E-state index contributed by atoms with van der Waals surface area (Å²) in [6.07, 6.45) is -1.97. The van der Waals surface area contributed by atoms with Crippen LogP contribution >= 0.6 is 11.3 Å². The molecule has 23 heavy (non-hydrogen) atoms. The van der Waals surface area contributed by atoms with Crippen LogP contribution < -0.4 is 5.32 Å². The number of Topliss-reactive ketones (excluding diaryl/α,β-unsaturated/α-hetero) is 1. The zero-order valence-corrected chi connectivity index (χ0v) is 13.1. The fraction of sp³-hybridized carbons (Fsp3) is 0.267. The summed E-state index contributed by atoms with van der Waals surface area (Å²) in [5, 5.41) is 4.37. The topological polar surface area (TPSA) is 59.1 Å². The van der Waals surface area contributed by atoms with E-state index < -0.39 is 23.2 Å². The molecule has 1 amide bonds. The van der Waals surface area contributed by atoms with E-state index in [4.69, 9.17) is 0 Å². The molecule has 2 heterocycles. The summed E-state index contributed by atoms with van der Waals surface area (Å²) in [4.78, 5) is 28.1. The molecule has 2 aromatic heterocycles. The maximum atomic E-state index is 12.9. The summed E-state index contributed by atoms with van der Waals surface area (Å²) >= 11 is 0.787. The first-order valence-corrected chi connectivity index (χ1v) is 7.59. The number of nitrogens with zero attached hydrogens (tertiary/aromatic N) is 1. The van der Waals surface area contributed by atoms with Gasteiger partial charge in [-0.2, -0.15) is 24.5 Å². The molecule has 0 aliphatic carbocycles. The van der Waals surface area contributed by atoms with E-state index in [0.29, 0.717) is 0 Å². The van der Waals surface area contributed by atoms with Crippen LogP contribution in [-0.2, 0) is 6.18 Å².